The largest absolute Gasteiger partial charge is 0.322 e. The van der Waals surface area contributed by atoms with Gasteiger partial charge < -0.3 is 9.88 Å². The van der Waals surface area contributed by atoms with Crippen LogP contribution in [0.4, 0.5) is 5.69 Å². The van der Waals surface area contributed by atoms with Crippen molar-refractivity contribution >= 4 is 23.2 Å². The highest BCUT2D eigenvalue weighted by Gasteiger charge is 2.09. The highest BCUT2D eigenvalue weighted by atomic mass is 35.5. The van der Waals surface area contributed by atoms with Crippen molar-refractivity contribution in [3.8, 4) is 0 Å². The van der Waals surface area contributed by atoms with Gasteiger partial charge in [-0.3, -0.25) is 9.59 Å². The SMILES string of the molecule is Cc1ccc(Cn2cc(C(=O)Nc3ccc(C)c(Cl)c3)ccc2=O)cc1. The Morgan fingerprint density at radius 2 is 1.77 bits per heavy atom. The van der Waals surface area contributed by atoms with E-state index < -0.39 is 0 Å². The molecule has 1 heterocycles. The highest BCUT2D eigenvalue weighted by molar-refractivity contribution is 6.31. The number of hydrogen-bond acceptors (Lipinski definition) is 2. The van der Waals surface area contributed by atoms with E-state index in [-0.39, 0.29) is 11.5 Å². The lowest BCUT2D eigenvalue weighted by atomic mass is 10.1. The first-order chi connectivity index (χ1) is 12.4. The minimum atomic E-state index is -0.289. The van der Waals surface area contributed by atoms with Crippen LogP contribution >= 0.6 is 11.6 Å². The summed E-state index contributed by atoms with van der Waals surface area (Å²) in [5, 5.41) is 3.40. The van der Waals surface area contributed by atoms with E-state index >= 15 is 0 Å². The minimum Gasteiger partial charge on any atom is -0.322 e. The molecule has 0 saturated carbocycles. The van der Waals surface area contributed by atoms with Crippen molar-refractivity contribution in [1.82, 2.24) is 4.57 Å². The van der Waals surface area contributed by atoms with Crippen molar-refractivity contribution in [3.05, 3.63) is 98.4 Å². The van der Waals surface area contributed by atoms with Gasteiger partial charge in [-0.05, 0) is 43.2 Å². The van der Waals surface area contributed by atoms with Crippen LogP contribution < -0.4 is 10.9 Å². The second kappa shape index (κ2) is 7.58. The Hall–Kier alpha value is -2.85. The summed E-state index contributed by atoms with van der Waals surface area (Å²) < 4.78 is 1.53. The smallest absolute Gasteiger partial charge is 0.257 e. The predicted molar refractivity (Wildman–Crippen MR) is 105 cm³/mol. The zero-order valence-corrected chi connectivity index (χ0v) is 15.4. The van der Waals surface area contributed by atoms with Gasteiger partial charge in [0, 0.05) is 23.0 Å². The van der Waals surface area contributed by atoms with Crippen molar-refractivity contribution in [2.45, 2.75) is 20.4 Å². The topological polar surface area (TPSA) is 51.1 Å². The maximum Gasteiger partial charge on any atom is 0.257 e. The van der Waals surface area contributed by atoms with Crippen LogP contribution in [0.5, 0.6) is 0 Å². The molecule has 0 radical (unpaired) electrons. The van der Waals surface area contributed by atoms with Crippen LogP contribution in [-0.4, -0.2) is 10.5 Å². The molecule has 0 unspecified atom stereocenters. The third-order valence-corrected chi connectivity index (χ3v) is 4.56. The van der Waals surface area contributed by atoms with Crippen LogP contribution in [0.25, 0.3) is 0 Å². The average molecular weight is 367 g/mol. The molecule has 1 amide bonds. The number of nitrogens with one attached hydrogen (secondary N) is 1. The molecule has 0 bridgehead atoms. The van der Waals surface area contributed by atoms with E-state index in [1.807, 2.05) is 44.2 Å². The molecule has 0 fully saturated rings. The molecule has 5 heteroatoms. The number of halogens is 1. The van der Waals surface area contributed by atoms with Gasteiger partial charge in [-0.25, -0.2) is 0 Å². The number of aryl methyl sites for hydroxylation is 2. The molecule has 4 nitrogen and oxygen atoms in total. The third-order valence-electron chi connectivity index (χ3n) is 4.15. The Bertz CT molecular complexity index is 1010. The molecule has 1 N–H and O–H groups in total. The Kier molecular flexibility index (Phi) is 5.24. The number of carbonyl (C=O) groups excluding carboxylic acids is 1. The molecule has 0 spiro atoms. The fraction of sp³-hybridized carbons (Fsp3) is 0.143. The van der Waals surface area contributed by atoms with E-state index in [9.17, 15) is 9.59 Å². The zero-order valence-electron chi connectivity index (χ0n) is 14.6. The monoisotopic (exact) mass is 366 g/mol. The predicted octanol–water partition coefficient (Wildman–Crippen LogP) is 4.42. The van der Waals surface area contributed by atoms with E-state index in [0.717, 1.165) is 16.7 Å². The van der Waals surface area contributed by atoms with Gasteiger partial charge >= 0.3 is 0 Å². The van der Waals surface area contributed by atoms with E-state index in [1.54, 1.807) is 18.3 Å². The van der Waals surface area contributed by atoms with Crippen LogP contribution in [0.1, 0.15) is 27.0 Å². The quantitative estimate of drug-likeness (QED) is 0.743. The summed E-state index contributed by atoms with van der Waals surface area (Å²) in [6.45, 7) is 4.32. The number of aromatic nitrogens is 1. The number of benzene rings is 2. The Labute approximate surface area is 157 Å². The minimum absolute atomic E-state index is 0.152. The van der Waals surface area contributed by atoms with Crippen molar-refractivity contribution in [2.75, 3.05) is 5.32 Å². The van der Waals surface area contributed by atoms with Crippen molar-refractivity contribution in [1.29, 1.82) is 0 Å². The number of amides is 1. The van der Waals surface area contributed by atoms with Gasteiger partial charge in [0.1, 0.15) is 0 Å². The average Bonchev–Trinajstić information content (AvgIpc) is 2.62. The van der Waals surface area contributed by atoms with Gasteiger partial charge in [0.15, 0.2) is 0 Å². The summed E-state index contributed by atoms with van der Waals surface area (Å²) in [4.78, 5) is 24.6. The molecular weight excluding hydrogens is 348 g/mol. The molecule has 0 atom stereocenters. The summed E-state index contributed by atoms with van der Waals surface area (Å²) in [5.41, 5.74) is 3.97. The molecule has 0 aliphatic heterocycles. The molecule has 0 aliphatic carbocycles. The third kappa shape index (κ3) is 4.21. The lowest BCUT2D eigenvalue weighted by molar-refractivity contribution is 0.102. The van der Waals surface area contributed by atoms with Gasteiger partial charge in [0.25, 0.3) is 11.5 Å². The summed E-state index contributed by atoms with van der Waals surface area (Å²) in [6.07, 6.45) is 1.58. The van der Waals surface area contributed by atoms with E-state index in [2.05, 4.69) is 5.32 Å². The van der Waals surface area contributed by atoms with E-state index in [4.69, 9.17) is 11.6 Å². The standard InChI is InChI=1S/C21H19ClN2O2/c1-14-3-6-16(7-4-14)12-24-13-17(8-10-20(24)25)21(26)23-18-9-5-15(2)19(22)11-18/h3-11,13H,12H2,1-2H3,(H,23,26). The maximum atomic E-state index is 12.5. The molecule has 26 heavy (non-hydrogen) atoms. The maximum absolute atomic E-state index is 12.5. The lowest BCUT2D eigenvalue weighted by Crippen LogP contribution is -2.22. The van der Waals surface area contributed by atoms with Gasteiger partial charge in [0.2, 0.25) is 0 Å². The van der Waals surface area contributed by atoms with Gasteiger partial charge in [-0.2, -0.15) is 0 Å². The van der Waals surface area contributed by atoms with Crippen LogP contribution in [0.15, 0.2) is 65.6 Å². The number of carbonyl (C=O) groups is 1. The first kappa shape index (κ1) is 18.0. The molecule has 1 aromatic heterocycles. The summed E-state index contributed by atoms with van der Waals surface area (Å²) in [7, 11) is 0. The van der Waals surface area contributed by atoms with Gasteiger partial charge in [0.05, 0.1) is 12.1 Å². The molecule has 2 aromatic carbocycles. The summed E-state index contributed by atoms with van der Waals surface area (Å²) in [6, 6.07) is 16.2. The molecule has 3 aromatic rings. The first-order valence-electron chi connectivity index (χ1n) is 8.26. The van der Waals surface area contributed by atoms with Crippen LogP contribution in [0.2, 0.25) is 5.02 Å². The first-order valence-corrected chi connectivity index (χ1v) is 8.64. The number of nitrogens with zero attached hydrogens (tertiary/aromatic N) is 1. The molecule has 0 aliphatic rings. The normalized spacial score (nSPS) is 10.6. The van der Waals surface area contributed by atoms with Crippen molar-refractivity contribution in [2.24, 2.45) is 0 Å². The molecule has 132 valence electrons. The van der Waals surface area contributed by atoms with Gasteiger partial charge in [-0.15, -0.1) is 0 Å². The Morgan fingerprint density at radius 3 is 2.46 bits per heavy atom. The molecular formula is C21H19ClN2O2. The number of pyridine rings is 1. The Morgan fingerprint density at radius 1 is 1.04 bits per heavy atom. The van der Waals surface area contributed by atoms with Gasteiger partial charge in [-0.1, -0.05) is 47.5 Å². The highest BCUT2D eigenvalue weighted by Crippen LogP contribution is 2.20. The summed E-state index contributed by atoms with van der Waals surface area (Å²) >= 11 is 6.09. The molecule has 0 saturated heterocycles. The second-order valence-corrected chi connectivity index (χ2v) is 6.69. The Balaban J connectivity index is 1.81. The van der Waals surface area contributed by atoms with Crippen molar-refractivity contribution < 1.29 is 4.79 Å². The van der Waals surface area contributed by atoms with E-state index in [1.165, 1.54) is 16.7 Å². The zero-order chi connectivity index (χ0) is 18.7. The summed E-state index contributed by atoms with van der Waals surface area (Å²) in [5.74, 6) is -0.289. The van der Waals surface area contributed by atoms with Crippen LogP contribution in [-0.2, 0) is 6.54 Å². The number of hydrogen-bond donors (Lipinski definition) is 1. The second-order valence-electron chi connectivity index (χ2n) is 6.29. The lowest BCUT2D eigenvalue weighted by Gasteiger charge is -2.10. The van der Waals surface area contributed by atoms with Crippen molar-refractivity contribution in [3.63, 3.8) is 0 Å². The fourth-order valence-corrected chi connectivity index (χ4v) is 2.73. The fourth-order valence-electron chi connectivity index (χ4n) is 2.55. The van der Waals surface area contributed by atoms with Crippen LogP contribution in [0, 0.1) is 13.8 Å². The number of rotatable bonds is 4. The number of anilines is 1. The van der Waals surface area contributed by atoms with Crippen LogP contribution in [0.3, 0.4) is 0 Å². The molecule has 3 rings (SSSR count). The van der Waals surface area contributed by atoms with E-state index in [0.29, 0.717) is 22.8 Å².